The van der Waals surface area contributed by atoms with Crippen molar-refractivity contribution in [3.05, 3.63) is 89.5 Å². The molecule has 1 unspecified atom stereocenters. The molecule has 3 aromatic carbocycles. The smallest absolute Gasteiger partial charge is 0.264 e. The van der Waals surface area contributed by atoms with E-state index in [1.54, 1.807) is 49.6 Å². The van der Waals surface area contributed by atoms with E-state index in [-0.39, 0.29) is 23.3 Å². The topological polar surface area (TPSA) is 96.0 Å². The van der Waals surface area contributed by atoms with Crippen LogP contribution < -0.4 is 14.4 Å². The minimum absolute atomic E-state index is 0.0842. The summed E-state index contributed by atoms with van der Waals surface area (Å²) in [6.07, 6.45) is 1.11. The molecule has 0 spiro atoms. The average Bonchev–Trinajstić information content (AvgIpc) is 2.98. The number of amides is 2. The van der Waals surface area contributed by atoms with Crippen LogP contribution in [0.4, 0.5) is 5.69 Å². The third-order valence-corrected chi connectivity index (χ3v) is 8.95. The Morgan fingerprint density at radius 2 is 1.62 bits per heavy atom. The summed E-state index contributed by atoms with van der Waals surface area (Å²) in [6.45, 7) is 9.91. The highest BCUT2D eigenvalue weighted by Crippen LogP contribution is 2.27. The van der Waals surface area contributed by atoms with Gasteiger partial charge in [-0.3, -0.25) is 13.9 Å². The molecule has 0 fully saturated rings. The number of methoxy groups -OCH3 is 1. The van der Waals surface area contributed by atoms with E-state index in [2.05, 4.69) is 19.2 Å². The minimum atomic E-state index is -4.12. The number of carbonyl (C=O) groups is 2. The van der Waals surface area contributed by atoms with Gasteiger partial charge in [0, 0.05) is 13.1 Å². The zero-order chi connectivity index (χ0) is 30.9. The third kappa shape index (κ3) is 8.12. The van der Waals surface area contributed by atoms with Gasteiger partial charge >= 0.3 is 0 Å². The Balaban J connectivity index is 2.07. The number of nitrogens with one attached hydrogen (secondary N) is 1. The number of hydrogen-bond acceptors (Lipinski definition) is 5. The van der Waals surface area contributed by atoms with Crippen molar-refractivity contribution in [2.24, 2.45) is 0 Å². The van der Waals surface area contributed by atoms with Gasteiger partial charge in [-0.05, 0) is 73.2 Å². The normalized spacial score (nSPS) is 12.1. The van der Waals surface area contributed by atoms with Gasteiger partial charge in [0.1, 0.15) is 18.3 Å². The highest BCUT2D eigenvalue weighted by atomic mass is 32.2. The van der Waals surface area contributed by atoms with E-state index >= 15 is 0 Å². The van der Waals surface area contributed by atoms with Crippen LogP contribution >= 0.6 is 0 Å². The molecule has 9 heteroatoms. The Morgan fingerprint density at radius 1 is 0.952 bits per heavy atom. The van der Waals surface area contributed by atoms with Crippen LogP contribution in [0.25, 0.3) is 0 Å². The highest BCUT2D eigenvalue weighted by Gasteiger charge is 2.33. The fraction of sp³-hybridized carbons (Fsp3) is 0.394. The monoisotopic (exact) mass is 593 g/mol. The minimum Gasteiger partial charge on any atom is -0.497 e. The molecule has 0 radical (unpaired) electrons. The second kappa shape index (κ2) is 14.9. The number of rotatable bonds is 14. The summed E-state index contributed by atoms with van der Waals surface area (Å²) in [6, 6.07) is 20.3. The van der Waals surface area contributed by atoms with Gasteiger partial charge in [-0.1, -0.05) is 69.7 Å². The molecule has 8 nitrogen and oxygen atoms in total. The van der Waals surface area contributed by atoms with Crippen molar-refractivity contribution in [1.29, 1.82) is 0 Å². The first-order valence-electron chi connectivity index (χ1n) is 14.4. The zero-order valence-electron chi connectivity index (χ0n) is 25.5. The molecule has 0 aliphatic rings. The molecule has 0 saturated carbocycles. The maximum atomic E-state index is 14.2. The van der Waals surface area contributed by atoms with Gasteiger partial charge in [0.25, 0.3) is 10.0 Å². The van der Waals surface area contributed by atoms with Crippen LogP contribution in [-0.2, 0) is 26.2 Å². The lowest BCUT2D eigenvalue weighted by atomic mass is 10.0. The van der Waals surface area contributed by atoms with Crippen molar-refractivity contribution in [3.8, 4) is 5.75 Å². The van der Waals surface area contributed by atoms with Crippen molar-refractivity contribution in [2.75, 3.05) is 24.5 Å². The summed E-state index contributed by atoms with van der Waals surface area (Å²) in [7, 11) is -2.55. The van der Waals surface area contributed by atoms with Gasteiger partial charge in [0.15, 0.2) is 0 Å². The lowest BCUT2D eigenvalue weighted by molar-refractivity contribution is -0.140. The Hall–Kier alpha value is -3.85. The summed E-state index contributed by atoms with van der Waals surface area (Å²) >= 11 is 0. The molecular formula is C33H43N3O5S. The number of benzene rings is 3. The van der Waals surface area contributed by atoms with Crippen LogP contribution in [0.3, 0.4) is 0 Å². The van der Waals surface area contributed by atoms with Crippen molar-refractivity contribution >= 4 is 27.5 Å². The zero-order valence-corrected chi connectivity index (χ0v) is 26.3. The van der Waals surface area contributed by atoms with Crippen LogP contribution in [-0.4, -0.2) is 51.4 Å². The second-order valence-corrected chi connectivity index (χ2v) is 12.5. The largest absolute Gasteiger partial charge is 0.497 e. The van der Waals surface area contributed by atoms with Crippen molar-refractivity contribution in [1.82, 2.24) is 10.2 Å². The number of ether oxygens (including phenoxy) is 1. The number of nitrogens with zero attached hydrogens (tertiary/aromatic N) is 2. The number of aryl methyl sites for hydroxylation is 1. The summed E-state index contributed by atoms with van der Waals surface area (Å²) in [5.74, 6) is 0.120. The number of sulfonamides is 1. The molecule has 1 N–H and O–H groups in total. The van der Waals surface area contributed by atoms with Gasteiger partial charge in [0.05, 0.1) is 17.7 Å². The first-order chi connectivity index (χ1) is 20.0. The first kappa shape index (κ1) is 32.7. The molecule has 2 amide bonds. The maximum Gasteiger partial charge on any atom is 0.264 e. The van der Waals surface area contributed by atoms with Crippen LogP contribution in [0.1, 0.15) is 63.1 Å². The number of anilines is 1. The quantitative estimate of drug-likeness (QED) is 0.260. The molecular weight excluding hydrogens is 550 g/mol. The van der Waals surface area contributed by atoms with Crippen LogP contribution in [0, 0.1) is 6.92 Å². The molecule has 0 aromatic heterocycles. The Bertz CT molecular complexity index is 1440. The SMILES string of the molecule is CCCNC(=O)C(CC)N(Cc1cccc(OC)c1)C(=O)CN(c1ccc(C(C)C)cc1)S(=O)(=O)c1ccc(C)cc1. The predicted molar refractivity (Wildman–Crippen MR) is 167 cm³/mol. The van der Waals surface area contributed by atoms with Gasteiger partial charge in [0.2, 0.25) is 11.8 Å². The Morgan fingerprint density at radius 3 is 2.19 bits per heavy atom. The molecule has 42 heavy (non-hydrogen) atoms. The van der Waals surface area contributed by atoms with E-state index < -0.39 is 28.5 Å². The van der Waals surface area contributed by atoms with Crippen molar-refractivity contribution in [2.45, 2.75) is 70.9 Å². The Labute approximate surface area is 250 Å². The lowest BCUT2D eigenvalue weighted by Gasteiger charge is -2.33. The number of hydrogen-bond donors (Lipinski definition) is 1. The van der Waals surface area contributed by atoms with Gasteiger partial charge in [-0.2, -0.15) is 0 Å². The summed E-state index contributed by atoms with van der Waals surface area (Å²) in [5, 5.41) is 2.90. The second-order valence-electron chi connectivity index (χ2n) is 10.7. The van der Waals surface area contributed by atoms with Crippen LogP contribution in [0.5, 0.6) is 5.75 Å². The summed E-state index contributed by atoms with van der Waals surface area (Å²) in [4.78, 5) is 29.0. The molecule has 3 aromatic rings. The summed E-state index contributed by atoms with van der Waals surface area (Å²) in [5.41, 5.74) is 3.11. The maximum absolute atomic E-state index is 14.2. The molecule has 0 aliphatic heterocycles. The Kier molecular flexibility index (Phi) is 11.6. The molecule has 3 rings (SSSR count). The molecule has 0 heterocycles. The average molecular weight is 594 g/mol. The molecule has 0 saturated heterocycles. The van der Waals surface area contributed by atoms with E-state index in [0.29, 0.717) is 24.4 Å². The third-order valence-electron chi connectivity index (χ3n) is 7.16. The van der Waals surface area contributed by atoms with E-state index in [4.69, 9.17) is 4.74 Å². The van der Waals surface area contributed by atoms with E-state index in [0.717, 1.165) is 27.4 Å². The lowest BCUT2D eigenvalue weighted by Crippen LogP contribution is -2.52. The van der Waals surface area contributed by atoms with Gasteiger partial charge in [-0.25, -0.2) is 8.42 Å². The fourth-order valence-corrected chi connectivity index (χ4v) is 6.06. The van der Waals surface area contributed by atoms with Gasteiger partial charge < -0.3 is 15.0 Å². The van der Waals surface area contributed by atoms with Crippen LogP contribution in [0.2, 0.25) is 0 Å². The first-order valence-corrected chi connectivity index (χ1v) is 15.8. The van der Waals surface area contributed by atoms with E-state index in [1.165, 1.54) is 4.90 Å². The van der Waals surface area contributed by atoms with Crippen molar-refractivity contribution in [3.63, 3.8) is 0 Å². The predicted octanol–water partition coefficient (Wildman–Crippen LogP) is 5.66. The van der Waals surface area contributed by atoms with Crippen LogP contribution in [0.15, 0.2) is 77.7 Å². The standard InChI is InChI=1S/C33H43N3O5S/c1-7-20-34-33(38)31(8-2)35(22-26-10-9-11-29(21-26)41-6)32(37)23-36(28-16-14-27(15-17-28)24(3)4)42(39,40)30-18-12-25(5)13-19-30/h9-19,21,24,31H,7-8,20,22-23H2,1-6H3,(H,34,38). The van der Waals surface area contributed by atoms with Gasteiger partial charge in [-0.15, -0.1) is 0 Å². The highest BCUT2D eigenvalue weighted by molar-refractivity contribution is 7.92. The fourth-order valence-electron chi connectivity index (χ4n) is 4.64. The molecule has 226 valence electrons. The van der Waals surface area contributed by atoms with E-state index in [1.807, 2.05) is 51.1 Å². The molecule has 0 aliphatic carbocycles. The number of carbonyl (C=O) groups excluding carboxylic acids is 2. The van der Waals surface area contributed by atoms with E-state index in [9.17, 15) is 18.0 Å². The molecule has 0 bridgehead atoms. The molecule has 1 atom stereocenters. The van der Waals surface area contributed by atoms with Crippen molar-refractivity contribution < 1.29 is 22.7 Å². The summed E-state index contributed by atoms with van der Waals surface area (Å²) < 4.78 is 34.6.